The topological polar surface area (TPSA) is 56.7 Å². The van der Waals surface area contributed by atoms with Crippen LogP contribution in [0.3, 0.4) is 0 Å². The summed E-state index contributed by atoms with van der Waals surface area (Å²) in [6.45, 7) is 4.69. The molecule has 92 valence electrons. The maximum Gasteiger partial charge on any atom is 0.186 e. The van der Waals surface area contributed by atoms with Crippen LogP contribution in [-0.4, -0.2) is 22.5 Å². The highest BCUT2D eigenvalue weighted by atomic mass is 32.1. The predicted molar refractivity (Wildman–Crippen MR) is 74.3 cm³/mol. The van der Waals surface area contributed by atoms with Crippen molar-refractivity contribution < 1.29 is 5.11 Å². The van der Waals surface area contributed by atoms with E-state index < -0.39 is 0 Å². The molecule has 0 radical (unpaired) electrons. The van der Waals surface area contributed by atoms with Gasteiger partial charge in [-0.25, -0.2) is 0 Å². The quantitative estimate of drug-likeness (QED) is 0.435. The maximum absolute atomic E-state index is 9.63. The molecule has 0 spiro atoms. The predicted octanol–water partition coefficient (Wildman–Crippen LogP) is 1.99. The van der Waals surface area contributed by atoms with Crippen LogP contribution in [-0.2, 0) is 0 Å². The van der Waals surface area contributed by atoms with Gasteiger partial charge in [-0.05, 0) is 37.7 Å². The molecule has 3 N–H and O–H groups in total. The molecule has 4 nitrogen and oxygen atoms in total. The van der Waals surface area contributed by atoms with Crippen molar-refractivity contribution in [2.45, 2.75) is 20.3 Å². The molecule has 17 heavy (non-hydrogen) atoms. The Hall–Kier alpha value is -1.62. The van der Waals surface area contributed by atoms with Crippen LogP contribution in [0.4, 0.5) is 0 Å². The van der Waals surface area contributed by atoms with E-state index in [1.165, 1.54) is 0 Å². The minimum absolute atomic E-state index is 0.211. The van der Waals surface area contributed by atoms with E-state index in [0.29, 0.717) is 16.4 Å². The Morgan fingerprint density at radius 2 is 2.12 bits per heavy atom. The van der Waals surface area contributed by atoms with Crippen molar-refractivity contribution in [1.82, 2.24) is 10.7 Å². The van der Waals surface area contributed by atoms with Crippen LogP contribution in [0.2, 0.25) is 0 Å². The molecular weight excluding hydrogens is 234 g/mol. The number of para-hydroxylation sites is 1. The summed E-state index contributed by atoms with van der Waals surface area (Å²) in [6.07, 6.45) is 1.00. The normalized spacial score (nSPS) is 11.1. The Labute approximate surface area is 107 Å². The lowest BCUT2D eigenvalue weighted by atomic mass is 10.1. The number of phenolic OH excluding ortho intramolecular Hbond substituents is 1. The number of aromatic hydroxyl groups is 1. The third-order valence-corrected chi connectivity index (χ3v) is 2.39. The molecule has 0 heterocycles. The Morgan fingerprint density at radius 1 is 1.41 bits per heavy atom. The molecular formula is C12H17N3OS. The Balaban J connectivity index is 2.61. The zero-order chi connectivity index (χ0) is 12.7. The molecule has 5 heteroatoms. The third kappa shape index (κ3) is 4.40. The molecule has 0 fully saturated rings. The molecule has 0 aliphatic heterocycles. The first kappa shape index (κ1) is 13.4. The number of nitrogens with one attached hydrogen (secondary N) is 2. The summed E-state index contributed by atoms with van der Waals surface area (Å²) in [5.41, 5.74) is 4.12. The first-order chi connectivity index (χ1) is 8.15. The molecule has 0 atom stereocenters. The fourth-order valence-electron chi connectivity index (χ4n) is 1.25. The molecule has 0 saturated carbocycles. The number of hydrogen-bond acceptors (Lipinski definition) is 3. The average Bonchev–Trinajstić information content (AvgIpc) is 2.34. The van der Waals surface area contributed by atoms with Crippen molar-refractivity contribution in [3.8, 4) is 5.75 Å². The zero-order valence-corrected chi connectivity index (χ0v) is 10.8. The molecule has 0 aliphatic carbocycles. The highest BCUT2D eigenvalue weighted by Gasteiger charge is 2.03. The van der Waals surface area contributed by atoms with Crippen LogP contribution in [0.25, 0.3) is 0 Å². The fourth-order valence-corrected chi connectivity index (χ4v) is 1.40. The lowest BCUT2D eigenvalue weighted by molar-refractivity contribution is 0.474. The van der Waals surface area contributed by atoms with E-state index in [1.807, 2.05) is 13.0 Å². The van der Waals surface area contributed by atoms with Gasteiger partial charge in [0.15, 0.2) is 5.11 Å². The first-order valence-electron chi connectivity index (χ1n) is 5.51. The molecule has 0 amide bonds. The molecule has 0 unspecified atom stereocenters. The summed E-state index contributed by atoms with van der Waals surface area (Å²) in [5.74, 6) is 0.211. The number of nitrogens with zero attached hydrogens (tertiary/aromatic N) is 1. The minimum atomic E-state index is 0.211. The van der Waals surface area contributed by atoms with Crippen LogP contribution in [0, 0.1) is 0 Å². The molecule has 0 saturated heterocycles. The summed E-state index contributed by atoms with van der Waals surface area (Å²) in [4.78, 5) is 0. The molecule has 0 bridgehead atoms. The monoisotopic (exact) mass is 251 g/mol. The lowest BCUT2D eigenvalue weighted by Gasteiger charge is -2.07. The van der Waals surface area contributed by atoms with E-state index in [9.17, 15) is 5.11 Å². The van der Waals surface area contributed by atoms with Crippen LogP contribution in [0.1, 0.15) is 25.8 Å². The van der Waals surface area contributed by atoms with E-state index >= 15 is 0 Å². The number of benzene rings is 1. The maximum atomic E-state index is 9.63. The second kappa shape index (κ2) is 6.85. The van der Waals surface area contributed by atoms with Crippen molar-refractivity contribution in [3.63, 3.8) is 0 Å². The smallest absolute Gasteiger partial charge is 0.186 e. The standard InChI is InChI=1S/C12H17N3OS/c1-3-8-13-12(17)15-14-9(2)10-6-4-5-7-11(10)16/h4-7,16H,3,8H2,1-2H3,(H2,13,15,17)/b14-9+. The molecule has 0 aromatic heterocycles. The number of rotatable bonds is 4. The van der Waals surface area contributed by atoms with Crippen molar-refractivity contribution >= 4 is 23.0 Å². The van der Waals surface area contributed by atoms with Crippen LogP contribution in [0.5, 0.6) is 5.75 Å². The van der Waals surface area contributed by atoms with Gasteiger partial charge in [-0.1, -0.05) is 19.1 Å². The van der Waals surface area contributed by atoms with Crippen LogP contribution in [0.15, 0.2) is 29.4 Å². The van der Waals surface area contributed by atoms with E-state index in [1.54, 1.807) is 18.2 Å². The van der Waals surface area contributed by atoms with Gasteiger partial charge in [-0.15, -0.1) is 0 Å². The van der Waals surface area contributed by atoms with E-state index in [-0.39, 0.29) is 5.75 Å². The molecule has 0 aliphatic rings. The number of thiocarbonyl (C=S) groups is 1. The van der Waals surface area contributed by atoms with Gasteiger partial charge in [0.1, 0.15) is 5.75 Å². The van der Waals surface area contributed by atoms with Crippen molar-refractivity contribution in [1.29, 1.82) is 0 Å². The molecule has 1 aromatic carbocycles. The zero-order valence-electron chi connectivity index (χ0n) is 10.0. The van der Waals surface area contributed by atoms with Gasteiger partial charge in [-0.3, -0.25) is 5.43 Å². The third-order valence-electron chi connectivity index (χ3n) is 2.15. The van der Waals surface area contributed by atoms with Gasteiger partial charge < -0.3 is 10.4 Å². The lowest BCUT2D eigenvalue weighted by Crippen LogP contribution is -2.33. The largest absolute Gasteiger partial charge is 0.507 e. The van der Waals surface area contributed by atoms with Crippen LogP contribution < -0.4 is 10.7 Å². The highest BCUT2D eigenvalue weighted by Crippen LogP contribution is 2.15. The highest BCUT2D eigenvalue weighted by molar-refractivity contribution is 7.80. The van der Waals surface area contributed by atoms with Gasteiger partial charge in [0.25, 0.3) is 0 Å². The van der Waals surface area contributed by atoms with Gasteiger partial charge in [0.05, 0.1) is 5.71 Å². The number of hydrazone groups is 1. The van der Waals surface area contributed by atoms with Crippen molar-refractivity contribution in [3.05, 3.63) is 29.8 Å². The number of phenols is 1. The number of hydrogen-bond donors (Lipinski definition) is 3. The first-order valence-corrected chi connectivity index (χ1v) is 5.92. The SMILES string of the molecule is CCCNC(=S)N/N=C(\C)c1ccccc1O. The minimum Gasteiger partial charge on any atom is -0.507 e. The summed E-state index contributed by atoms with van der Waals surface area (Å²) >= 11 is 5.03. The molecule has 1 rings (SSSR count). The van der Waals surface area contributed by atoms with E-state index in [4.69, 9.17) is 12.2 Å². The van der Waals surface area contributed by atoms with Gasteiger partial charge >= 0.3 is 0 Å². The summed E-state index contributed by atoms with van der Waals surface area (Å²) in [7, 11) is 0. The summed E-state index contributed by atoms with van der Waals surface area (Å²) < 4.78 is 0. The second-order valence-corrected chi connectivity index (χ2v) is 3.99. The Kier molecular flexibility index (Phi) is 5.42. The van der Waals surface area contributed by atoms with E-state index in [2.05, 4.69) is 22.8 Å². The average molecular weight is 251 g/mol. The van der Waals surface area contributed by atoms with Crippen molar-refractivity contribution in [2.24, 2.45) is 5.10 Å². The Morgan fingerprint density at radius 3 is 2.76 bits per heavy atom. The summed E-state index contributed by atoms with van der Waals surface area (Å²) in [6, 6.07) is 7.05. The second-order valence-electron chi connectivity index (χ2n) is 3.58. The molecule has 1 aromatic rings. The fraction of sp³-hybridized carbons (Fsp3) is 0.333. The van der Waals surface area contributed by atoms with Crippen molar-refractivity contribution in [2.75, 3.05) is 6.54 Å². The van der Waals surface area contributed by atoms with Gasteiger partial charge in [0, 0.05) is 12.1 Å². The van der Waals surface area contributed by atoms with Gasteiger partial charge in [0.2, 0.25) is 0 Å². The Bertz CT molecular complexity index is 418. The van der Waals surface area contributed by atoms with Crippen LogP contribution >= 0.6 is 12.2 Å². The summed E-state index contributed by atoms with van der Waals surface area (Å²) in [5, 5.41) is 17.2. The van der Waals surface area contributed by atoms with E-state index in [0.717, 1.165) is 13.0 Å². The van der Waals surface area contributed by atoms with Gasteiger partial charge in [-0.2, -0.15) is 5.10 Å².